The van der Waals surface area contributed by atoms with E-state index in [1.807, 2.05) is 32.9 Å². The number of phenols is 1. The van der Waals surface area contributed by atoms with Crippen molar-refractivity contribution < 1.29 is 24.1 Å². The summed E-state index contributed by atoms with van der Waals surface area (Å²) >= 11 is 0. The summed E-state index contributed by atoms with van der Waals surface area (Å²) in [5.74, 6) is -0.529. The van der Waals surface area contributed by atoms with Crippen LogP contribution in [0.5, 0.6) is 23.0 Å². The van der Waals surface area contributed by atoms with Crippen molar-refractivity contribution >= 4 is 66.3 Å². The Morgan fingerprint density at radius 3 is 2.00 bits per heavy atom. The number of ether oxygens (including phenoxy) is 3. The molecule has 9 heteroatoms. The number of ketones is 1. The Labute approximate surface area is 254 Å². The summed E-state index contributed by atoms with van der Waals surface area (Å²) in [6, 6.07) is 3.22. The molecule has 1 aliphatic carbocycles. The van der Waals surface area contributed by atoms with Crippen molar-refractivity contribution in [2.45, 2.75) is 46.5 Å². The number of carbonyl (C=O) groups excluding carboxylic acids is 1. The number of phenolic OH excluding ortho intramolecular Hbond substituents is 1. The van der Waals surface area contributed by atoms with Gasteiger partial charge in [-0.15, -0.1) is 0 Å². The van der Waals surface area contributed by atoms with Crippen LogP contribution in [0.4, 0.5) is 11.4 Å². The number of carbonyl (C=O) groups is 1. The molecule has 228 valence electrons. The van der Waals surface area contributed by atoms with E-state index in [0.717, 1.165) is 12.8 Å². The summed E-state index contributed by atoms with van der Waals surface area (Å²) in [7, 11) is 4.44. The van der Waals surface area contributed by atoms with Crippen LogP contribution in [0.2, 0.25) is 0 Å². The second kappa shape index (κ2) is 10.7. The molecule has 5 aromatic rings. The van der Waals surface area contributed by atoms with Crippen LogP contribution in [0.25, 0.3) is 49.2 Å². The second-order valence-corrected chi connectivity index (χ2v) is 11.4. The second-order valence-electron chi connectivity index (χ2n) is 11.4. The molecule has 1 atom stereocenters. The average molecular weight is 597 g/mol. The number of hydrogen-bond donors (Lipinski definition) is 3. The Balaban J connectivity index is 2.12. The number of Topliss-reactive ketones (excluding diaryl/α,β-unsaturated/α-hetero) is 1. The van der Waals surface area contributed by atoms with Crippen LogP contribution in [0, 0.1) is 0 Å². The number of fused-ring (bicyclic) bond motifs is 1. The van der Waals surface area contributed by atoms with Crippen LogP contribution in [0.3, 0.4) is 0 Å². The van der Waals surface area contributed by atoms with Gasteiger partial charge in [0.15, 0.2) is 5.75 Å². The van der Waals surface area contributed by atoms with Gasteiger partial charge >= 0.3 is 0 Å². The van der Waals surface area contributed by atoms with Gasteiger partial charge in [0.1, 0.15) is 23.0 Å². The first-order chi connectivity index (χ1) is 21.2. The fourth-order valence-corrected chi connectivity index (χ4v) is 7.11. The highest BCUT2D eigenvalue weighted by Gasteiger charge is 2.37. The standard InChI is InChI=1S/C35H36N2O7/c1-8-10-36-18-13-20(42-5)26-27-21(43-6)14-19(39)25-30(27)29-23-17(32(37-11-9-2)33(40)24(18)28(23)26)12-15(3)22(16(4)38)31(29)35(44-7)34(25)41/h12-14,22,36-37,39H,8-11H2,1-7H3. The van der Waals surface area contributed by atoms with Crippen LogP contribution in [-0.2, 0) is 4.79 Å². The van der Waals surface area contributed by atoms with E-state index in [1.54, 1.807) is 7.11 Å². The molecule has 0 spiro atoms. The molecule has 0 aromatic heterocycles. The van der Waals surface area contributed by atoms with Gasteiger partial charge in [-0.1, -0.05) is 25.5 Å². The molecule has 3 N–H and O–H groups in total. The van der Waals surface area contributed by atoms with Gasteiger partial charge < -0.3 is 30.0 Å². The molecule has 0 heterocycles. The number of aromatic hydroxyl groups is 1. The lowest BCUT2D eigenvalue weighted by Crippen LogP contribution is -2.18. The molecule has 9 nitrogen and oxygen atoms in total. The molecule has 6 rings (SSSR count). The van der Waals surface area contributed by atoms with E-state index in [9.17, 15) is 19.5 Å². The highest BCUT2D eigenvalue weighted by molar-refractivity contribution is 6.40. The number of rotatable bonds is 10. The Hall–Kier alpha value is -4.79. The van der Waals surface area contributed by atoms with E-state index in [0.29, 0.717) is 90.4 Å². The number of nitrogens with one attached hydrogen (secondary N) is 2. The maximum Gasteiger partial charge on any atom is 0.232 e. The van der Waals surface area contributed by atoms with Crippen molar-refractivity contribution in [1.82, 2.24) is 0 Å². The first-order valence-electron chi connectivity index (χ1n) is 14.9. The first kappa shape index (κ1) is 29.3. The van der Waals surface area contributed by atoms with Gasteiger partial charge in [-0.05, 0) is 32.1 Å². The van der Waals surface area contributed by atoms with E-state index in [-0.39, 0.29) is 28.1 Å². The molecule has 0 fully saturated rings. The van der Waals surface area contributed by atoms with Crippen molar-refractivity contribution in [3.05, 3.63) is 49.3 Å². The van der Waals surface area contributed by atoms with Crippen molar-refractivity contribution in [1.29, 1.82) is 0 Å². The minimum Gasteiger partial charge on any atom is -0.507 e. The zero-order valence-corrected chi connectivity index (χ0v) is 26.0. The summed E-state index contributed by atoms with van der Waals surface area (Å²) in [4.78, 5) is 42.3. The first-order valence-corrected chi connectivity index (χ1v) is 14.9. The largest absolute Gasteiger partial charge is 0.507 e. The monoisotopic (exact) mass is 596 g/mol. The van der Waals surface area contributed by atoms with E-state index in [2.05, 4.69) is 10.6 Å². The zero-order valence-electron chi connectivity index (χ0n) is 26.0. The van der Waals surface area contributed by atoms with Gasteiger partial charge in [0.05, 0.1) is 43.7 Å². The number of anilines is 2. The predicted molar refractivity (Wildman–Crippen MR) is 177 cm³/mol. The zero-order chi connectivity index (χ0) is 31.6. The summed E-state index contributed by atoms with van der Waals surface area (Å²) < 4.78 is 17.6. The van der Waals surface area contributed by atoms with E-state index in [1.165, 1.54) is 27.2 Å². The molecule has 0 bridgehead atoms. The molecule has 1 unspecified atom stereocenters. The summed E-state index contributed by atoms with van der Waals surface area (Å²) in [5, 5.41) is 22.1. The van der Waals surface area contributed by atoms with Crippen molar-refractivity contribution in [2.24, 2.45) is 0 Å². The SMILES string of the molecule is CCCNc1c2c3c4c(c(OC)c(=O)c5c(O)cc(OC)c(c6c(OC)cc(NCCC)c(c1=O)c63)c54)C(C(C)=O)C(C)=C2. The van der Waals surface area contributed by atoms with Gasteiger partial charge in [0.2, 0.25) is 10.9 Å². The van der Waals surface area contributed by atoms with Crippen LogP contribution in [0.1, 0.15) is 57.6 Å². The molecular weight excluding hydrogens is 560 g/mol. The maximum atomic E-state index is 14.7. The summed E-state index contributed by atoms with van der Waals surface area (Å²) in [5.41, 5.74) is 2.00. The topological polar surface area (TPSA) is 123 Å². The Morgan fingerprint density at radius 2 is 1.41 bits per heavy atom. The minimum atomic E-state index is -0.834. The number of methoxy groups -OCH3 is 3. The molecular formula is C35H36N2O7. The highest BCUT2D eigenvalue weighted by atomic mass is 16.5. The molecule has 5 aromatic carbocycles. The third-order valence-electron chi connectivity index (χ3n) is 8.79. The molecule has 0 aliphatic heterocycles. The summed E-state index contributed by atoms with van der Waals surface area (Å²) in [6.45, 7) is 8.56. The molecule has 0 radical (unpaired) electrons. The van der Waals surface area contributed by atoms with Crippen LogP contribution >= 0.6 is 0 Å². The van der Waals surface area contributed by atoms with E-state index in [4.69, 9.17) is 14.2 Å². The van der Waals surface area contributed by atoms with Crippen molar-refractivity contribution in [3.8, 4) is 23.0 Å². The van der Waals surface area contributed by atoms with Gasteiger partial charge in [-0.25, -0.2) is 0 Å². The fraction of sp³-hybridized carbons (Fsp3) is 0.343. The van der Waals surface area contributed by atoms with Crippen LogP contribution in [0.15, 0.2) is 27.3 Å². The molecule has 0 amide bonds. The third-order valence-corrected chi connectivity index (χ3v) is 8.79. The van der Waals surface area contributed by atoms with Gasteiger partial charge in [-0.3, -0.25) is 14.4 Å². The maximum absolute atomic E-state index is 14.7. The van der Waals surface area contributed by atoms with Gasteiger partial charge in [0, 0.05) is 69.0 Å². The predicted octanol–water partition coefficient (Wildman–Crippen LogP) is 6.36. The lowest BCUT2D eigenvalue weighted by molar-refractivity contribution is -0.117. The Kier molecular flexibility index (Phi) is 7.14. The quantitative estimate of drug-likeness (QED) is 0.125. The van der Waals surface area contributed by atoms with Gasteiger partial charge in [-0.2, -0.15) is 0 Å². The van der Waals surface area contributed by atoms with Crippen molar-refractivity contribution in [3.63, 3.8) is 0 Å². The molecule has 44 heavy (non-hydrogen) atoms. The van der Waals surface area contributed by atoms with E-state index < -0.39 is 11.3 Å². The normalized spacial score (nSPS) is 14.4. The molecule has 0 saturated carbocycles. The number of hydrogen-bond acceptors (Lipinski definition) is 9. The smallest absolute Gasteiger partial charge is 0.232 e. The average Bonchev–Trinajstić information content (AvgIpc) is 3.13. The third kappa shape index (κ3) is 3.81. The fourth-order valence-electron chi connectivity index (χ4n) is 7.11. The highest BCUT2D eigenvalue weighted by Crippen LogP contribution is 2.55. The minimum absolute atomic E-state index is 0.0159. The van der Waals surface area contributed by atoms with Crippen LogP contribution < -0.4 is 35.7 Å². The lowest BCUT2D eigenvalue weighted by Gasteiger charge is -2.25. The van der Waals surface area contributed by atoms with Crippen LogP contribution in [-0.4, -0.2) is 45.3 Å². The number of benzene rings is 5. The molecule has 1 aliphatic rings. The van der Waals surface area contributed by atoms with Crippen molar-refractivity contribution in [2.75, 3.05) is 45.1 Å². The van der Waals surface area contributed by atoms with Gasteiger partial charge in [0.25, 0.3) is 0 Å². The Bertz CT molecular complexity index is 2150. The number of allylic oxidation sites excluding steroid dienone is 1. The Morgan fingerprint density at radius 1 is 0.795 bits per heavy atom. The molecule has 0 saturated heterocycles. The lowest BCUT2D eigenvalue weighted by atomic mass is 9.80. The van der Waals surface area contributed by atoms with E-state index >= 15 is 0 Å². The summed E-state index contributed by atoms with van der Waals surface area (Å²) in [6.07, 6.45) is 3.49.